The van der Waals surface area contributed by atoms with Gasteiger partial charge in [0.15, 0.2) is 9.84 Å². The van der Waals surface area contributed by atoms with Crippen molar-refractivity contribution in [2.45, 2.75) is 33.6 Å². The molecule has 0 aliphatic heterocycles. The minimum atomic E-state index is -3.15. The molecule has 7 heteroatoms. The molecule has 4 nitrogen and oxygen atoms in total. The maximum atomic E-state index is 11.4. The van der Waals surface area contributed by atoms with Crippen molar-refractivity contribution in [3.8, 4) is 0 Å². The molecule has 1 aromatic carbocycles. The van der Waals surface area contributed by atoms with Crippen LogP contribution in [0, 0.1) is 0 Å². The van der Waals surface area contributed by atoms with E-state index < -0.39 is 9.84 Å². The summed E-state index contributed by atoms with van der Waals surface area (Å²) in [4.78, 5) is 10.2. The number of benzene rings is 1. The highest BCUT2D eigenvalue weighted by molar-refractivity contribution is 9.10. The first-order valence-corrected chi connectivity index (χ1v) is 9.94. The monoisotopic (exact) mass is 384 g/mol. The first-order valence-electron chi connectivity index (χ1n) is 6.44. The first-order chi connectivity index (χ1) is 9.91. The van der Waals surface area contributed by atoms with Gasteiger partial charge >= 0.3 is 0 Å². The summed E-state index contributed by atoms with van der Waals surface area (Å²) >= 11 is 4.92. The lowest BCUT2D eigenvalue weighted by atomic mass is 10.4. The maximum absolute atomic E-state index is 11.4. The molecule has 1 aliphatic rings. The number of hydrogen-bond donors (Lipinski definition) is 0. The lowest BCUT2D eigenvalue weighted by Gasteiger charge is -2.05. The Morgan fingerprint density at radius 2 is 1.86 bits per heavy atom. The molecule has 0 radical (unpaired) electrons. The van der Waals surface area contributed by atoms with Crippen LogP contribution in [-0.2, 0) is 9.84 Å². The fourth-order valence-corrected chi connectivity index (χ4v) is 3.87. The molecule has 0 unspecified atom stereocenters. The van der Waals surface area contributed by atoms with E-state index in [1.54, 1.807) is 24.3 Å². The largest absolute Gasteiger partial charge is 0.226 e. The van der Waals surface area contributed by atoms with E-state index in [1.807, 2.05) is 6.07 Å². The molecular weight excluding hydrogens is 372 g/mol. The Bertz CT molecular complexity index is 772. The molecule has 0 atom stereocenters. The number of rotatable bonds is 4. The van der Waals surface area contributed by atoms with Crippen LogP contribution in [0.3, 0.4) is 0 Å². The van der Waals surface area contributed by atoms with E-state index in [4.69, 9.17) is 0 Å². The zero-order valence-electron chi connectivity index (χ0n) is 11.3. The summed E-state index contributed by atoms with van der Waals surface area (Å²) in [7, 11) is -3.15. The van der Waals surface area contributed by atoms with Crippen LogP contribution in [-0.4, -0.2) is 24.6 Å². The SMILES string of the molecule is CS(=O)(=O)c1ccc(Sc2cc(Br)nc(C3CC3)n2)cc1. The highest BCUT2D eigenvalue weighted by Gasteiger charge is 2.27. The number of sulfone groups is 1. The van der Waals surface area contributed by atoms with E-state index >= 15 is 0 Å². The van der Waals surface area contributed by atoms with Crippen LogP contribution in [0.4, 0.5) is 0 Å². The molecule has 1 saturated carbocycles. The zero-order valence-corrected chi connectivity index (χ0v) is 14.5. The molecule has 2 aromatic rings. The van der Waals surface area contributed by atoms with E-state index in [1.165, 1.54) is 18.0 Å². The molecule has 1 heterocycles. The Balaban J connectivity index is 1.83. The van der Waals surface area contributed by atoms with Gasteiger partial charge in [-0.2, -0.15) is 0 Å². The topological polar surface area (TPSA) is 59.9 Å². The van der Waals surface area contributed by atoms with E-state index in [0.29, 0.717) is 10.8 Å². The molecule has 0 amide bonds. The van der Waals surface area contributed by atoms with Crippen LogP contribution in [0.15, 0.2) is 49.8 Å². The van der Waals surface area contributed by atoms with Gasteiger partial charge in [-0.15, -0.1) is 0 Å². The quantitative estimate of drug-likeness (QED) is 0.752. The number of nitrogens with zero attached hydrogens (tertiary/aromatic N) is 2. The van der Waals surface area contributed by atoms with Gasteiger partial charge in [-0.05, 0) is 53.0 Å². The Labute approximate surface area is 136 Å². The molecule has 0 spiro atoms. The van der Waals surface area contributed by atoms with Gasteiger partial charge in [0.05, 0.1) is 4.90 Å². The highest BCUT2D eigenvalue weighted by Crippen LogP contribution is 2.39. The highest BCUT2D eigenvalue weighted by atomic mass is 79.9. The fraction of sp³-hybridized carbons (Fsp3) is 0.286. The van der Waals surface area contributed by atoms with Crippen LogP contribution in [0.5, 0.6) is 0 Å². The van der Waals surface area contributed by atoms with Crippen molar-refractivity contribution in [1.29, 1.82) is 0 Å². The third-order valence-electron chi connectivity index (χ3n) is 3.11. The summed E-state index contributed by atoms with van der Waals surface area (Å²) in [5, 5.41) is 0.867. The van der Waals surface area contributed by atoms with Gasteiger partial charge in [-0.3, -0.25) is 0 Å². The van der Waals surface area contributed by atoms with Gasteiger partial charge in [-0.25, -0.2) is 18.4 Å². The molecule has 0 bridgehead atoms. The van der Waals surface area contributed by atoms with Crippen LogP contribution in [0.2, 0.25) is 0 Å². The van der Waals surface area contributed by atoms with Crippen molar-refractivity contribution in [3.63, 3.8) is 0 Å². The van der Waals surface area contributed by atoms with Crippen molar-refractivity contribution in [3.05, 3.63) is 40.8 Å². The van der Waals surface area contributed by atoms with Gasteiger partial charge in [0.2, 0.25) is 0 Å². The summed E-state index contributed by atoms with van der Waals surface area (Å²) in [6.07, 6.45) is 3.52. The van der Waals surface area contributed by atoms with Gasteiger partial charge in [0.1, 0.15) is 15.5 Å². The molecule has 0 saturated heterocycles. The van der Waals surface area contributed by atoms with E-state index in [9.17, 15) is 8.42 Å². The van der Waals surface area contributed by atoms with Gasteiger partial charge in [0, 0.05) is 23.1 Å². The third-order valence-corrected chi connectivity index (χ3v) is 5.57. The van der Waals surface area contributed by atoms with E-state index in [0.717, 1.165) is 33.2 Å². The number of hydrogen-bond acceptors (Lipinski definition) is 5. The lowest BCUT2D eigenvalue weighted by molar-refractivity contribution is 0.602. The Kier molecular flexibility index (Phi) is 4.07. The predicted molar refractivity (Wildman–Crippen MR) is 85.4 cm³/mol. The Morgan fingerprint density at radius 3 is 2.43 bits per heavy atom. The normalized spacial score (nSPS) is 15.1. The second kappa shape index (κ2) is 5.70. The summed E-state index contributed by atoms with van der Waals surface area (Å²) in [6.45, 7) is 0. The van der Waals surface area contributed by atoms with E-state index in [-0.39, 0.29) is 0 Å². The predicted octanol–water partition coefficient (Wildman–Crippen LogP) is 3.67. The van der Waals surface area contributed by atoms with Crippen LogP contribution in [0.1, 0.15) is 24.6 Å². The Hall–Kier alpha value is -0.920. The zero-order chi connectivity index (χ0) is 15.0. The molecule has 0 N–H and O–H groups in total. The van der Waals surface area contributed by atoms with Crippen molar-refractivity contribution in [2.75, 3.05) is 6.26 Å². The average Bonchev–Trinajstić information content (AvgIpc) is 3.21. The van der Waals surface area contributed by atoms with Crippen LogP contribution < -0.4 is 0 Å². The molecule has 21 heavy (non-hydrogen) atoms. The second-order valence-electron chi connectivity index (χ2n) is 5.01. The van der Waals surface area contributed by atoms with Crippen molar-refractivity contribution in [1.82, 2.24) is 9.97 Å². The first kappa shape index (κ1) is 15.0. The fourth-order valence-electron chi connectivity index (χ4n) is 1.87. The second-order valence-corrected chi connectivity index (χ2v) is 8.93. The minimum absolute atomic E-state index is 0.328. The molecule has 1 aliphatic carbocycles. The lowest BCUT2D eigenvalue weighted by Crippen LogP contribution is -1.96. The standard InChI is InChI=1S/C14H13BrN2O2S2/c1-21(18,19)11-6-4-10(5-7-11)20-13-8-12(15)16-14(17-13)9-2-3-9/h4-9H,2-3H2,1H3. The number of halogens is 1. The Morgan fingerprint density at radius 1 is 1.19 bits per heavy atom. The summed E-state index contributed by atoms with van der Waals surface area (Å²) in [5.74, 6) is 1.38. The van der Waals surface area contributed by atoms with Crippen LogP contribution in [0.25, 0.3) is 0 Å². The van der Waals surface area contributed by atoms with Crippen molar-refractivity contribution in [2.24, 2.45) is 0 Å². The van der Waals surface area contributed by atoms with Crippen molar-refractivity contribution >= 4 is 37.5 Å². The van der Waals surface area contributed by atoms with Crippen molar-refractivity contribution < 1.29 is 8.42 Å². The molecule has 1 aromatic heterocycles. The maximum Gasteiger partial charge on any atom is 0.175 e. The summed E-state index contributed by atoms with van der Waals surface area (Å²) in [5.41, 5.74) is 0. The van der Waals surface area contributed by atoms with Gasteiger partial charge < -0.3 is 0 Å². The number of aromatic nitrogens is 2. The molecule has 3 rings (SSSR count). The van der Waals surface area contributed by atoms with Gasteiger partial charge in [-0.1, -0.05) is 11.8 Å². The summed E-state index contributed by atoms with van der Waals surface area (Å²) in [6, 6.07) is 8.72. The molecular formula is C14H13BrN2O2S2. The smallest absolute Gasteiger partial charge is 0.175 e. The molecule has 1 fully saturated rings. The van der Waals surface area contributed by atoms with Crippen LogP contribution >= 0.6 is 27.7 Å². The van der Waals surface area contributed by atoms with E-state index in [2.05, 4.69) is 25.9 Å². The van der Waals surface area contributed by atoms with Gasteiger partial charge in [0.25, 0.3) is 0 Å². The summed E-state index contributed by atoms with van der Waals surface area (Å²) < 4.78 is 23.7. The molecule has 110 valence electrons. The minimum Gasteiger partial charge on any atom is -0.226 e. The third kappa shape index (κ3) is 3.84. The average molecular weight is 385 g/mol.